The van der Waals surface area contributed by atoms with Crippen LogP contribution in [0.3, 0.4) is 0 Å². The van der Waals surface area contributed by atoms with Gasteiger partial charge in [-0.15, -0.1) is 0 Å². The number of fused-ring (bicyclic) bond motifs is 4. The Kier molecular flexibility index (Phi) is 5.28. The van der Waals surface area contributed by atoms with E-state index in [0.717, 1.165) is 49.9 Å². The molecule has 4 atom stereocenters. The van der Waals surface area contributed by atoms with Crippen LogP contribution in [0.5, 0.6) is 0 Å². The molecule has 1 aromatic carbocycles. The van der Waals surface area contributed by atoms with E-state index in [-0.39, 0.29) is 29.2 Å². The molecule has 3 heterocycles. The first kappa shape index (κ1) is 20.2. The van der Waals surface area contributed by atoms with Crippen LogP contribution in [0.2, 0.25) is 0 Å². The number of Topliss-reactive ketones (excluding diaryl/α,β-unsaturated/α-hetero) is 1. The molecule has 1 aliphatic carbocycles. The minimum Gasteiger partial charge on any atom is -0.341 e. The smallest absolute Gasteiger partial charge is 0.250 e. The Bertz CT molecular complexity index is 1060. The van der Waals surface area contributed by atoms with Gasteiger partial charge in [0.2, 0.25) is 5.91 Å². The minimum atomic E-state index is -0.195. The number of rotatable bonds is 4. The van der Waals surface area contributed by atoms with Gasteiger partial charge in [-0.25, -0.2) is 0 Å². The van der Waals surface area contributed by atoms with Crippen molar-refractivity contribution in [2.45, 2.75) is 57.4 Å². The molecule has 0 unspecified atom stereocenters. The van der Waals surface area contributed by atoms with Gasteiger partial charge in [-0.05, 0) is 55.7 Å². The average Bonchev–Trinajstić information content (AvgIpc) is 3.18. The molecule has 3 aliphatic rings. The molecule has 1 saturated heterocycles. The van der Waals surface area contributed by atoms with Crippen LogP contribution in [0.25, 0.3) is 0 Å². The molecular weight excluding hydrogens is 388 g/mol. The number of piperidine rings is 1. The van der Waals surface area contributed by atoms with Crippen LogP contribution < -0.4 is 5.56 Å². The van der Waals surface area contributed by atoms with Crippen molar-refractivity contribution in [1.29, 1.82) is 0 Å². The summed E-state index contributed by atoms with van der Waals surface area (Å²) in [6, 6.07) is 13.8. The summed E-state index contributed by atoms with van der Waals surface area (Å²) in [7, 11) is 0. The lowest BCUT2D eigenvalue weighted by Crippen LogP contribution is -2.50. The number of amides is 1. The molecule has 1 amide bonds. The Morgan fingerprint density at radius 1 is 1.06 bits per heavy atom. The number of likely N-dealkylation sites (tertiary alicyclic amines) is 1. The summed E-state index contributed by atoms with van der Waals surface area (Å²) in [6.45, 7) is 4.10. The van der Waals surface area contributed by atoms with Gasteiger partial charge in [0.15, 0.2) is 0 Å². The highest BCUT2D eigenvalue weighted by atomic mass is 16.2. The van der Waals surface area contributed by atoms with E-state index >= 15 is 0 Å². The van der Waals surface area contributed by atoms with Crippen molar-refractivity contribution in [3.8, 4) is 0 Å². The standard InChI is InChI=1S/C26H30N2O3/c1-17(20-10-8-18(9-11-20)12-21-4-2-6-24(21)29)26(31)27-14-19-13-22(16-27)23-5-3-7-25(30)28(23)15-19/h3,5,7-11,17,19,21-22H,2,4,6,12-16H2,1H3/t17-,19-,21+,22+/m1/s1. The van der Waals surface area contributed by atoms with Crippen molar-refractivity contribution in [3.05, 3.63) is 69.6 Å². The second kappa shape index (κ2) is 8.10. The van der Waals surface area contributed by atoms with E-state index in [2.05, 4.69) is 24.3 Å². The van der Waals surface area contributed by atoms with E-state index in [1.165, 1.54) is 5.56 Å². The highest BCUT2D eigenvalue weighted by Gasteiger charge is 2.37. The maximum absolute atomic E-state index is 13.3. The predicted molar refractivity (Wildman–Crippen MR) is 119 cm³/mol. The van der Waals surface area contributed by atoms with Gasteiger partial charge in [0, 0.05) is 49.7 Å². The third-order valence-corrected chi connectivity index (χ3v) is 7.55. The number of benzene rings is 1. The molecule has 5 nitrogen and oxygen atoms in total. The Morgan fingerprint density at radius 2 is 1.87 bits per heavy atom. The second-order valence-corrected chi connectivity index (χ2v) is 9.66. The molecule has 0 radical (unpaired) electrons. The number of ketones is 1. The van der Waals surface area contributed by atoms with Crippen LogP contribution in [0, 0.1) is 11.8 Å². The lowest BCUT2D eigenvalue weighted by Gasteiger charge is -2.43. The molecular formula is C26H30N2O3. The molecule has 5 rings (SSSR count). The minimum absolute atomic E-state index is 0.0692. The van der Waals surface area contributed by atoms with Crippen LogP contribution in [-0.2, 0) is 22.6 Å². The zero-order valence-corrected chi connectivity index (χ0v) is 18.1. The van der Waals surface area contributed by atoms with Crippen molar-refractivity contribution in [3.63, 3.8) is 0 Å². The molecule has 2 fully saturated rings. The van der Waals surface area contributed by atoms with E-state index < -0.39 is 0 Å². The molecule has 1 aromatic heterocycles. The summed E-state index contributed by atoms with van der Waals surface area (Å²) in [5.41, 5.74) is 3.34. The van der Waals surface area contributed by atoms with Crippen molar-refractivity contribution in [1.82, 2.24) is 9.47 Å². The van der Waals surface area contributed by atoms with Gasteiger partial charge in [-0.3, -0.25) is 14.4 Å². The number of nitrogens with zero attached hydrogens (tertiary/aromatic N) is 2. The number of hydrogen-bond donors (Lipinski definition) is 0. The normalized spacial score (nSPS) is 25.9. The molecule has 5 heteroatoms. The van der Waals surface area contributed by atoms with Gasteiger partial charge in [0.05, 0.1) is 5.92 Å². The Hall–Kier alpha value is -2.69. The first-order chi connectivity index (χ1) is 15.0. The van der Waals surface area contributed by atoms with Gasteiger partial charge < -0.3 is 9.47 Å². The van der Waals surface area contributed by atoms with Gasteiger partial charge in [-0.1, -0.05) is 30.3 Å². The molecule has 31 heavy (non-hydrogen) atoms. The number of hydrogen-bond acceptors (Lipinski definition) is 3. The SMILES string of the molecule is C[C@@H](C(=O)N1C[C@H]2C[C@@H](C1)c1cccc(=O)n1C2)c1ccc(C[C@@H]2CCCC2=O)cc1. The van der Waals surface area contributed by atoms with E-state index in [4.69, 9.17) is 0 Å². The predicted octanol–water partition coefficient (Wildman–Crippen LogP) is 3.51. The third kappa shape index (κ3) is 3.86. The fourth-order valence-electron chi connectivity index (χ4n) is 5.82. The Morgan fingerprint density at radius 3 is 2.61 bits per heavy atom. The molecule has 0 N–H and O–H groups in total. The van der Waals surface area contributed by atoms with Crippen molar-refractivity contribution < 1.29 is 9.59 Å². The summed E-state index contributed by atoms with van der Waals surface area (Å²) in [4.78, 5) is 39.5. The van der Waals surface area contributed by atoms with Gasteiger partial charge in [0.25, 0.3) is 5.56 Å². The topological polar surface area (TPSA) is 59.4 Å². The first-order valence-corrected chi connectivity index (χ1v) is 11.6. The summed E-state index contributed by atoms with van der Waals surface area (Å²) in [5, 5.41) is 0. The first-order valence-electron chi connectivity index (χ1n) is 11.6. The fourth-order valence-corrected chi connectivity index (χ4v) is 5.82. The average molecular weight is 419 g/mol. The van der Waals surface area contributed by atoms with Crippen molar-refractivity contribution in [2.75, 3.05) is 13.1 Å². The number of pyridine rings is 1. The number of carbonyl (C=O) groups is 2. The second-order valence-electron chi connectivity index (χ2n) is 9.66. The molecule has 2 aliphatic heterocycles. The molecule has 1 saturated carbocycles. The summed E-state index contributed by atoms with van der Waals surface area (Å²) < 4.78 is 1.90. The summed E-state index contributed by atoms with van der Waals surface area (Å²) >= 11 is 0. The maximum Gasteiger partial charge on any atom is 0.250 e. The summed E-state index contributed by atoms with van der Waals surface area (Å²) in [6.07, 6.45) is 4.61. The van der Waals surface area contributed by atoms with Gasteiger partial charge in [0.1, 0.15) is 5.78 Å². The number of aromatic nitrogens is 1. The molecule has 0 spiro atoms. The lowest BCUT2D eigenvalue weighted by molar-refractivity contribution is -0.135. The largest absolute Gasteiger partial charge is 0.341 e. The lowest BCUT2D eigenvalue weighted by atomic mass is 9.82. The van der Waals surface area contributed by atoms with Crippen LogP contribution >= 0.6 is 0 Å². The quantitative estimate of drug-likeness (QED) is 0.764. The van der Waals surface area contributed by atoms with Crippen LogP contribution in [0.1, 0.15) is 61.3 Å². The molecule has 2 aromatic rings. The molecule has 2 bridgehead atoms. The summed E-state index contributed by atoms with van der Waals surface area (Å²) in [5.74, 6) is 1.12. The van der Waals surface area contributed by atoms with Crippen LogP contribution in [0.15, 0.2) is 47.3 Å². The van der Waals surface area contributed by atoms with Crippen LogP contribution in [0.4, 0.5) is 0 Å². The highest BCUT2D eigenvalue weighted by molar-refractivity contribution is 5.84. The van der Waals surface area contributed by atoms with E-state index in [1.807, 2.05) is 28.5 Å². The van der Waals surface area contributed by atoms with Crippen LogP contribution in [-0.4, -0.2) is 34.2 Å². The van der Waals surface area contributed by atoms with Gasteiger partial charge in [-0.2, -0.15) is 0 Å². The van der Waals surface area contributed by atoms with E-state index in [1.54, 1.807) is 6.07 Å². The molecule has 162 valence electrons. The van der Waals surface area contributed by atoms with Crippen molar-refractivity contribution in [2.24, 2.45) is 11.8 Å². The van der Waals surface area contributed by atoms with E-state index in [9.17, 15) is 14.4 Å². The highest BCUT2D eigenvalue weighted by Crippen LogP contribution is 2.36. The maximum atomic E-state index is 13.3. The van der Waals surface area contributed by atoms with E-state index in [0.29, 0.717) is 24.8 Å². The van der Waals surface area contributed by atoms with Gasteiger partial charge >= 0.3 is 0 Å². The third-order valence-electron chi connectivity index (χ3n) is 7.55. The zero-order valence-electron chi connectivity index (χ0n) is 18.1. The monoisotopic (exact) mass is 418 g/mol. The van der Waals surface area contributed by atoms with Crippen molar-refractivity contribution >= 4 is 11.7 Å². The number of carbonyl (C=O) groups excluding carboxylic acids is 2. The Balaban J connectivity index is 1.27. The zero-order chi connectivity index (χ0) is 21.5. The fraction of sp³-hybridized carbons (Fsp3) is 0.500. The Labute approximate surface area is 183 Å².